The lowest BCUT2D eigenvalue weighted by Crippen LogP contribution is -2.30. The summed E-state index contributed by atoms with van der Waals surface area (Å²) in [5.41, 5.74) is 1.77. The van der Waals surface area contributed by atoms with E-state index in [1.54, 1.807) is 24.5 Å². The van der Waals surface area contributed by atoms with Crippen LogP contribution in [0.1, 0.15) is 22.8 Å². The minimum Gasteiger partial charge on any atom is -0.335 e. The molecule has 0 saturated carbocycles. The van der Waals surface area contributed by atoms with Crippen LogP contribution in [-0.2, 0) is 6.54 Å². The van der Waals surface area contributed by atoms with Gasteiger partial charge in [-0.05, 0) is 48.9 Å². The predicted molar refractivity (Wildman–Crippen MR) is 78.3 cm³/mol. The molecule has 0 saturated heterocycles. The number of amides is 1. The van der Waals surface area contributed by atoms with E-state index in [9.17, 15) is 4.79 Å². The summed E-state index contributed by atoms with van der Waals surface area (Å²) in [6.07, 6.45) is 3.48. The Hall–Kier alpha value is -1.81. The lowest BCUT2D eigenvalue weighted by Gasteiger charge is -2.21. The summed E-state index contributed by atoms with van der Waals surface area (Å²) in [5, 5.41) is 0. The number of nitrogens with zero attached hydrogens (tertiary/aromatic N) is 2. The van der Waals surface area contributed by atoms with Gasteiger partial charge in [-0.15, -0.1) is 12.6 Å². The van der Waals surface area contributed by atoms with Crippen LogP contribution < -0.4 is 0 Å². The second kappa shape index (κ2) is 6.38. The van der Waals surface area contributed by atoms with Crippen molar-refractivity contribution < 1.29 is 4.79 Å². The molecule has 0 N–H and O–H groups in total. The average molecular weight is 272 g/mol. The molecule has 19 heavy (non-hydrogen) atoms. The van der Waals surface area contributed by atoms with Crippen molar-refractivity contribution >= 4 is 18.5 Å². The first kappa shape index (κ1) is 13.6. The minimum atomic E-state index is 0.0349. The molecule has 0 spiro atoms. The van der Waals surface area contributed by atoms with Gasteiger partial charge in [0.15, 0.2) is 0 Å². The molecule has 1 aromatic heterocycles. The molecule has 4 heteroatoms. The van der Waals surface area contributed by atoms with Gasteiger partial charge in [0.1, 0.15) is 0 Å². The number of rotatable bonds is 4. The summed E-state index contributed by atoms with van der Waals surface area (Å²) in [6, 6.07) is 11.1. The Kier molecular flexibility index (Phi) is 4.58. The molecule has 1 aromatic carbocycles. The van der Waals surface area contributed by atoms with Crippen LogP contribution in [-0.4, -0.2) is 22.3 Å². The van der Waals surface area contributed by atoms with Crippen molar-refractivity contribution in [2.24, 2.45) is 0 Å². The highest BCUT2D eigenvalue weighted by Crippen LogP contribution is 2.12. The van der Waals surface area contributed by atoms with Gasteiger partial charge in [0.25, 0.3) is 5.91 Å². The summed E-state index contributed by atoms with van der Waals surface area (Å²) < 4.78 is 0. The fraction of sp³-hybridized carbons (Fsp3) is 0.200. The molecular formula is C15H16N2OS. The maximum absolute atomic E-state index is 12.4. The number of benzene rings is 1. The molecule has 3 nitrogen and oxygen atoms in total. The van der Waals surface area contributed by atoms with Crippen LogP contribution in [0.2, 0.25) is 0 Å². The molecule has 1 amide bonds. The van der Waals surface area contributed by atoms with Crippen molar-refractivity contribution in [1.29, 1.82) is 0 Å². The van der Waals surface area contributed by atoms with E-state index in [2.05, 4.69) is 17.6 Å². The third-order valence-electron chi connectivity index (χ3n) is 2.91. The van der Waals surface area contributed by atoms with Gasteiger partial charge in [0, 0.05) is 35.9 Å². The molecule has 1 heterocycles. The van der Waals surface area contributed by atoms with Gasteiger partial charge in [0.05, 0.1) is 0 Å². The van der Waals surface area contributed by atoms with Gasteiger partial charge in [-0.3, -0.25) is 9.78 Å². The van der Waals surface area contributed by atoms with Crippen molar-refractivity contribution in [3.63, 3.8) is 0 Å². The predicted octanol–water partition coefficient (Wildman–Crippen LogP) is 3.03. The smallest absolute Gasteiger partial charge is 0.254 e. The largest absolute Gasteiger partial charge is 0.335 e. The van der Waals surface area contributed by atoms with Crippen LogP contribution in [0.3, 0.4) is 0 Å². The van der Waals surface area contributed by atoms with Crippen LogP contribution in [0.25, 0.3) is 0 Å². The maximum Gasteiger partial charge on any atom is 0.254 e. The zero-order valence-electron chi connectivity index (χ0n) is 10.8. The number of hydrogen-bond acceptors (Lipinski definition) is 3. The van der Waals surface area contributed by atoms with Gasteiger partial charge in [-0.2, -0.15) is 0 Å². The first-order chi connectivity index (χ1) is 9.20. The number of aromatic nitrogens is 1. The van der Waals surface area contributed by atoms with E-state index in [0.29, 0.717) is 18.7 Å². The van der Waals surface area contributed by atoms with Crippen LogP contribution in [0.4, 0.5) is 0 Å². The van der Waals surface area contributed by atoms with Crippen molar-refractivity contribution in [1.82, 2.24) is 9.88 Å². The Morgan fingerprint density at radius 2 is 1.79 bits per heavy atom. The summed E-state index contributed by atoms with van der Waals surface area (Å²) in [5.74, 6) is 0.0349. The van der Waals surface area contributed by atoms with Crippen molar-refractivity contribution in [2.45, 2.75) is 18.4 Å². The lowest BCUT2D eigenvalue weighted by atomic mass is 10.1. The molecule has 0 atom stereocenters. The van der Waals surface area contributed by atoms with E-state index in [-0.39, 0.29) is 5.91 Å². The molecule has 2 rings (SSSR count). The van der Waals surface area contributed by atoms with Crippen LogP contribution in [0, 0.1) is 0 Å². The van der Waals surface area contributed by atoms with Crippen molar-refractivity contribution in [3.05, 3.63) is 59.9 Å². The van der Waals surface area contributed by atoms with Crippen LogP contribution >= 0.6 is 12.6 Å². The third-order valence-corrected chi connectivity index (χ3v) is 3.20. The first-order valence-corrected chi connectivity index (χ1v) is 6.62. The van der Waals surface area contributed by atoms with Crippen molar-refractivity contribution in [3.8, 4) is 0 Å². The van der Waals surface area contributed by atoms with Gasteiger partial charge in [-0.1, -0.05) is 0 Å². The SMILES string of the molecule is CCN(Cc1ccncc1)C(=O)c1ccc(S)cc1. The topological polar surface area (TPSA) is 33.2 Å². The Morgan fingerprint density at radius 3 is 2.37 bits per heavy atom. The Labute approximate surface area is 118 Å². The highest BCUT2D eigenvalue weighted by atomic mass is 32.1. The monoisotopic (exact) mass is 272 g/mol. The minimum absolute atomic E-state index is 0.0349. The maximum atomic E-state index is 12.4. The normalized spacial score (nSPS) is 10.2. The second-order valence-corrected chi connectivity index (χ2v) is 4.74. The number of pyridine rings is 1. The van der Waals surface area contributed by atoms with E-state index in [4.69, 9.17) is 0 Å². The standard InChI is InChI=1S/C15H16N2OS/c1-2-17(11-12-7-9-16-10-8-12)15(18)13-3-5-14(19)6-4-13/h3-10,19H,2,11H2,1H3. The quantitative estimate of drug-likeness (QED) is 0.868. The first-order valence-electron chi connectivity index (χ1n) is 6.18. The second-order valence-electron chi connectivity index (χ2n) is 4.22. The highest BCUT2D eigenvalue weighted by molar-refractivity contribution is 7.80. The molecule has 0 aliphatic heterocycles. The molecule has 0 unspecified atom stereocenters. The number of thiol groups is 1. The summed E-state index contributed by atoms with van der Waals surface area (Å²) in [7, 11) is 0. The van der Waals surface area contributed by atoms with Crippen LogP contribution in [0.15, 0.2) is 53.7 Å². The van der Waals surface area contributed by atoms with Gasteiger partial charge in [-0.25, -0.2) is 0 Å². The van der Waals surface area contributed by atoms with E-state index in [0.717, 1.165) is 10.5 Å². The molecule has 0 fully saturated rings. The zero-order valence-corrected chi connectivity index (χ0v) is 11.7. The molecular weight excluding hydrogens is 256 g/mol. The number of carbonyl (C=O) groups is 1. The van der Waals surface area contributed by atoms with Crippen LogP contribution in [0.5, 0.6) is 0 Å². The van der Waals surface area contributed by atoms with Crippen molar-refractivity contribution in [2.75, 3.05) is 6.54 Å². The van der Waals surface area contributed by atoms with E-state index >= 15 is 0 Å². The number of carbonyl (C=O) groups excluding carboxylic acids is 1. The van der Waals surface area contributed by atoms with Gasteiger partial charge >= 0.3 is 0 Å². The summed E-state index contributed by atoms with van der Waals surface area (Å²) in [4.78, 5) is 19.0. The Morgan fingerprint density at radius 1 is 1.16 bits per heavy atom. The molecule has 0 aliphatic carbocycles. The lowest BCUT2D eigenvalue weighted by molar-refractivity contribution is 0.0752. The van der Waals surface area contributed by atoms with E-state index < -0.39 is 0 Å². The van der Waals surface area contributed by atoms with Gasteiger partial charge < -0.3 is 4.90 Å². The Bertz CT molecular complexity index is 540. The van der Waals surface area contributed by atoms with E-state index in [1.165, 1.54) is 0 Å². The molecule has 0 radical (unpaired) electrons. The summed E-state index contributed by atoms with van der Waals surface area (Å²) >= 11 is 4.22. The fourth-order valence-corrected chi connectivity index (χ4v) is 1.97. The average Bonchev–Trinajstić information content (AvgIpc) is 2.46. The summed E-state index contributed by atoms with van der Waals surface area (Å²) in [6.45, 7) is 3.25. The zero-order chi connectivity index (χ0) is 13.7. The Balaban J connectivity index is 2.13. The molecule has 98 valence electrons. The highest BCUT2D eigenvalue weighted by Gasteiger charge is 2.14. The molecule has 0 bridgehead atoms. The van der Waals surface area contributed by atoms with Gasteiger partial charge in [0.2, 0.25) is 0 Å². The van der Waals surface area contributed by atoms with E-state index in [1.807, 2.05) is 36.1 Å². The molecule has 2 aromatic rings. The number of hydrogen-bond donors (Lipinski definition) is 1. The molecule has 0 aliphatic rings. The third kappa shape index (κ3) is 3.58. The fourth-order valence-electron chi connectivity index (χ4n) is 1.82.